The SMILES string of the molecule is CCOC(=O)NCCC[C@H]1C(=O)N[C@@H]1C. The Kier molecular flexibility index (Phi) is 4.39. The number of alkyl carbamates (subject to hydrolysis) is 1. The highest BCUT2D eigenvalue weighted by Gasteiger charge is 2.34. The van der Waals surface area contributed by atoms with Gasteiger partial charge in [0.15, 0.2) is 0 Å². The molecule has 1 saturated heterocycles. The Morgan fingerprint density at radius 3 is 2.87 bits per heavy atom. The van der Waals surface area contributed by atoms with E-state index in [-0.39, 0.29) is 24.0 Å². The van der Waals surface area contributed by atoms with Crippen molar-refractivity contribution < 1.29 is 14.3 Å². The van der Waals surface area contributed by atoms with Gasteiger partial charge in [0, 0.05) is 12.6 Å². The van der Waals surface area contributed by atoms with Crippen molar-refractivity contribution in [3.8, 4) is 0 Å². The summed E-state index contributed by atoms with van der Waals surface area (Å²) in [5, 5.41) is 5.40. The van der Waals surface area contributed by atoms with Crippen molar-refractivity contribution in [2.45, 2.75) is 32.7 Å². The summed E-state index contributed by atoms with van der Waals surface area (Å²) in [5.41, 5.74) is 0. The Morgan fingerprint density at radius 1 is 1.60 bits per heavy atom. The van der Waals surface area contributed by atoms with E-state index >= 15 is 0 Å². The molecule has 1 heterocycles. The van der Waals surface area contributed by atoms with E-state index in [9.17, 15) is 9.59 Å². The van der Waals surface area contributed by atoms with Gasteiger partial charge >= 0.3 is 6.09 Å². The summed E-state index contributed by atoms with van der Waals surface area (Å²) in [6, 6.07) is 0.278. The van der Waals surface area contributed by atoms with Gasteiger partial charge in [-0.05, 0) is 26.7 Å². The van der Waals surface area contributed by atoms with Crippen LogP contribution in [0.4, 0.5) is 4.79 Å². The van der Waals surface area contributed by atoms with Gasteiger partial charge in [0.2, 0.25) is 5.91 Å². The Hall–Kier alpha value is -1.26. The number of amides is 2. The molecule has 0 bridgehead atoms. The highest BCUT2D eigenvalue weighted by Crippen LogP contribution is 2.19. The first kappa shape index (κ1) is 11.8. The first-order chi connectivity index (χ1) is 7.15. The van der Waals surface area contributed by atoms with E-state index in [1.807, 2.05) is 6.92 Å². The van der Waals surface area contributed by atoms with Crippen molar-refractivity contribution in [1.29, 1.82) is 0 Å². The summed E-state index contributed by atoms with van der Waals surface area (Å²) in [6.45, 7) is 4.70. The van der Waals surface area contributed by atoms with Crippen LogP contribution in [0.25, 0.3) is 0 Å². The zero-order valence-electron chi connectivity index (χ0n) is 9.21. The molecule has 1 aliphatic rings. The van der Waals surface area contributed by atoms with Gasteiger partial charge in [-0.25, -0.2) is 4.79 Å². The van der Waals surface area contributed by atoms with E-state index in [1.54, 1.807) is 6.92 Å². The molecule has 0 aliphatic carbocycles. The second-order valence-corrected chi connectivity index (χ2v) is 3.69. The fourth-order valence-corrected chi connectivity index (χ4v) is 1.64. The van der Waals surface area contributed by atoms with E-state index < -0.39 is 0 Å². The van der Waals surface area contributed by atoms with Crippen LogP contribution in [0.5, 0.6) is 0 Å². The molecule has 0 aromatic heterocycles. The van der Waals surface area contributed by atoms with E-state index in [1.165, 1.54) is 0 Å². The number of hydrogen-bond donors (Lipinski definition) is 2. The average molecular weight is 214 g/mol. The summed E-state index contributed by atoms with van der Waals surface area (Å²) in [6.07, 6.45) is 1.24. The van der Waals surface area contributed by atoms with Crippen LogP contribution < -0.4 is 10.6 Å². The van der Waals surface area contributed by atoms with Crippen molar-refractivity contribution in [1.82, 2.24) is 10.6 Å². The lowest BCUT2D eigenvalue weighted by Crippen LogP contribution is -2.56. The van der Waals surface area contributed by atoms with Crippen LogP contribution >= 0.6 is 0 Å². The Bertz CT molecular complexity index is 243. The molecule has 1 rings (SSSR count). The molecule has 0 saturated carbocycles. The monoisotopic (exact) mass is 214 g/mol. The molecule has 1 aliphatic heterocycles. The fraction of sp³-hybridized carbons (Fsp3) is 0.800. The summed E-state index contributed by atoms with van der Waals surface area (Å²) < 4.78 is 4.70. The molecule has 0 aromatic carbocycles. The Labute approximate surface area is 89.6 Å². The predicted molar refractivity (Wildman–Crippen MR) is 55.4 cm³/mol. The third-order valence-electron chi connectivity index (χ3n) is 2.55. The number of ether oxygens (including phenoxy) is 1. The summed E-state index contributed by atoms with van der Waals surface area (Å²) in [7, 11) is 0. The van der Waals surface area contributed by atoms with E-state index in [0.29, 0.717) is 13.2 Å². The van der Waals surface area contributed by atoms with Crippen molar-refractivity contribution in [3.63, 3.8) is 0 Å². The lowest BCUT2D eigenvalue weighted by Gasteiger charge is -2.34. The Morgan fingerprint density at radius 2 is 2.33 bits per heavy atom. The first-order valence-electron chi connectivity index (χ1n) is 5.36. The number of carbonyl (C=O) groups excluding carboxylic acids is 2. The van der Waals surface area contributed by atoms with Gasteiger partial charge in [-0.1, -0.05) is 0 Å². The molecule has 2 amide bonds. The molecule has 0 spiro atoms. The maximum absolute atomic E-state index is 11.0. The second-order valence-electron chi connectivity index (χ2n) is 3.69. The van der Waals surface area contributed by atoms with Crippen molar-refractivity contribution in [2.24, 2.45) is 5.92 Å². The van der Waals surface area contributed by atoms with E-state index in [4.69, 9.17) is 4.74 Å². The zero-order chi connectivity index (χ0) is 11.3. The average Bonchev–Trinajstić information content (AvgIpc) is 2.17. The predicted octanol–water partition coefficient (Wildman–Crippen LogP) is 0.647. The van der Waals surface area contributed by atoms with Gasteiger partial charge in [0.25, 0.3) is 0 Å². The van der Waals surface area contributed by atoms with Crippen LogP contribution in [-0.4, -0.2) is 31.2 Å². The van der Waals surface area contributed by atoms with Crippen molar-refractivity contribution in [3.05, 3.63) is 0 Å². The third kappa shape index (κ3) is 3.42. The molecule has 2 atom stereocenters. The number of hydrogen-bond acceptors (Lipinski definition) is 3. The number of carbonyl (C=O) groups is 2. The highest BCUT2D eigenvalue weighted by atomic mass is 16.5. The molecular formula is C10H18N2O3. The lowest BCUT2D eigenvalue weighted by atomic mass is 9.88. The molecular weight excluding hydrogens is 196 g/mol. The van der Waals surface area contributed by atoms with Crippen molar-refractivity contribution in [2.75, 3.05) is 13.2 Å². The van der Waals surface area contributed by atoms with E-state index in [0.717, 1.165) is 12.8 Å². The largest absolute Gasteiger partial charge is 0.450 e. The van der Waals surface area contributed by atoms with Gasteiger partial charge in [-0.2, -0.15) is 0 Å². The maximum Gasteiger partial charge on any atom is 0.407 e. The minimum absolute atomic E-state index is 0.119. The minimum Gasteiger partial charge on any atom is -0.450 e. The Balaban J connectivity index is 2.02. The highest BCUT2D eigenvalue weighted by molar-refractivity contribution is 5.85. The molecule has 86 valence electrons. The summed E-state index contributed by atoms with van der Waals surface area (Å²) in [5.74, 6) is 0.243. The molecule has 15 heavy (non-hydrogen) atoms. The zero-order valence-corrected chi connectivity index (χ0v) is 9.21. The van der Waals surface area contributed by atoms with Gasteiger partial charge in [0.05, 0.1) is 12.5 Å². The molecule has 0 aromatic rings. The van der Waals surface area contributed by atoms with Gasteiger partial charge in [0.1, 0.15) is 0 Å². The van der Waals surface area contributed by atoms with E-state index in [2.05, 4.69) is 10.6 Å². The second kappa shape index (κ2) is 5.58. The minimum atomic E-state index is -0.386. The normalized spacial score (nSPS) is 24.0. The van der Waals surface area contributed by atoms with Crippen LogP contribution in [0.15, 0.2) is 0 Å². The van der Waals surface area contributed by atoms with Crippen LogP contribution in [0, 0.1) is 5.92 Å². The van der Waals surface area contributed by atoms with Gasteiger partial charge < -0.3 is 15.4 Å². The van der Waals surface area contributed by atoms with Crippen molar-refractivity contribution >= 4 is 12.0 Å². The lowest BCUT2D eigenvalue weighted by molar-refractivity contribution is -0.134. The fourth-order valence-electron chi connectivity index (χ4n) is 1.64. The summed E-state index contributed by atoms with van der Waals surface area (Å²) >= 11 is 0. The molecule has 1 fully saturated rings. The van der Waals surface area contributed by atoms with Crippen LogP contribution in [0.1, 0.15) is 26.7 Å². The smallest absolute Gasteiger partial charge is 0.407 e. The summed E-state index contributed by atoms with van der Waals surface area (Å²) in [4.78, 5) is 21.9. The molecule has 5 nitrogen and oxygen atoms in total. The van der Waals surface area contributed by atoms with Crippen LogP contribution in [-0.2, 0) is 9.53 Å². The topological polar surface area (TPSA) is 67.4 Å². The molecule has 0 unspecified atom stereocenters. The standard InChI is InChI=1S/C10H18N2O3/c1-3-15-10(14)11-6-4-5-8-7(2)12-9(8)13/h7-8H,3-6H2,1-2H3,(H,11,14)(H,12,13)/t7-,8-/m1/s1. The van der Waals surface area contributed by atoms with Crippen LogP contribution in [0.3, 0.4) is 0 Å². The number of nitrogens with one attached hydrogen (secondary N) is 2. The quantitative estimate of drug-likeness (QED) is 0.521. The molecule has 5 heteroatoms. The molecule has 0 radical (unpaired) electrons. The third-order valence-corrected chi connectivity index (χ3v) is 2.55. The van der Waals surface area contributed by atoms with Gasteiger partial charge in [-0.3, -0.25) is 4.79 Å². The maximum atomic E-state index is 11.0. The molecule has 2 N–H and O–H groups in total. The number of rotatable bonds is 5. The van der Waals surface area contributed by atoms with Crippen LogP contribution in [0.2, 0.25) is 0 Å². The van der Waals surface area contributed by atoms with Gasteiger partial charge in [-0.15, -0.1) is 0 Å². The first-order valence-corrected chi connectivity index (χ1v) is 5.36. The number of β-lactam (4-membered cyclic amide) rings is 1.